The SMILES string of the molecule is NNCC1=COCCC1. The van der Waals surface area contributed by atoms with E-state index in [0.29, 0.717) is 0 Å². The summed E-state index contributed by atoms with van der Waals surface area (Å²) in [4.78, 5) is 0. The first-order valence-electron chi connectivity index (χ1n) is 3.16. The van der Waals surface area contributed by atoms with E-state index in [2.05, 4.69) is 5.43 Å². The molecule has 9 heavy (non-hydrogen) atoms. The van der Waals surface area contributed by atoms with Crippen LogP contribution in [0, 0.1) is 0 Å². The van der Waals surface area contributed by atoms with Crippen molar-refractivity contribution in [3.05, 3.63) is 11.8 Å². The van der Waals surface area contributed by atoms with E-state index >= 15 is 0 Å². The van der Waals surface area contributed by atoms with Crippen LogP contribution < -0.4 is 11.3 Å². The minimum Gasteiger partial charge on any atom is -0.501 e. The number of hydrazine groups is 1. The Morgan fingerprint density at radius 1 is 1.78 bits per heavy atom. The maximum Gasteiger partial charge on any atom is 0.0876 e. The molecule has 1 aliphatic heterocycles. The van der Waals surface area contributed by atoms with Gasteiger partial charge in [0.25, 0.3) is 0 Å². The summed E-state index contributed by atoms with van der Waals surface area (Å²) in [6.07, 6.45) is 4.03. The number of nitrogens with one attached hydrogen (secondary N) is 1. The average molecular weight is 128 g/mol. The summed E-state index contributed by atoms with van der Waals surface area (Å²) in [6.45, 7) is 1.61. The van der Waals surface area contributed by atoms with Crippen molar-refractivity contribution >= 4 is 0 Å². The third-order valence-corrected chi connectivity index (χ3v) is 1.34. The smallest absolute Gasteiger partial charge is 0.0876 e. The highest BCUT2D eigenvalue weighted by Gasteiger charge is 2.01. The zero-order valence-electron chi connectivity index (χ0n) is 5.39. The van der Waals surface area contributed by atoms with Gasteiger partial charge in [-0.25, -0.2) is 0 Å². The molecule has 0 amide bonds. The van der Waals surface area contributed by atoms with Crippen LogP contribution in [0.1, 0.15) is 12.8 Å². The Labute approximate surface area is 54.8 Å². The van der Waals surface area contributed by atoms with E-state index < -0.39 is 0 Å². The summed E-state index contributed by atoms with van der Waals surface area (Å²) < 4.78 is 5.08. The molecule has 0 aromatic rings. The molecule has 0 spiro atoms. The first-order valence-corrected chi connectivity index (χ1v) is 3.16. The van der Waals surface area contributed by atoms with Crippen molar-refractivity contribution in [1.29, 1.82) is 0 Å². The van der Waals surface area contributed by atoms with Crippen molar-refractivity contribution in [3.63, 3.8) is 0 Å². The molecule has 0 saturated heterocycles. The van der Waals surface area contributed by atoms with E-state index in [1.807, 2.05) is 0 Å². The highest BCUT2D eigenvalue weighted by atomic mass is 16.5. The largest absolute Gasteiger partial charge is 0.501 e. The van der Waals surface area contributed by atoms with Crippen LogP contribution >= 0.6 is 0 Å². The lowest BCUT2D eigenvalue weighted by Gasteiger charge is -2.12. The Bertz CT molecular complexity index is 112. The molecule has 52 valence electrons. The second kappa shape index (κ2) is 3.48. The Kier molecular flexibility index (Phi) is 2.54. The van der Waals surface area contributed by atoms with Gasteiger partial charge >= 0.3 is 0 Å². The van der Waals surface area contributed by atoms with Crippen LogP contribution in [0.15, 0.2) is 11.8 Å². The van der Waals surface area contributed by atoms with Crippen molar-refractivity contribution in [1.82, 2.24) is 5.43 Å². The van der Waals surface area contributed by atoms with E-state index in [1.54, 1.807) is 6.26 Å². The monoisotopic (exact) mass is 128 g/mol. The molecule has 0 aromatic carbocycles. The topological polar surface area (TPSA) is 47.3 Å². The van der Waals surface area contributed by atoms with Crippen LogP contribution in [0.5, 0.6) is 0 Å². The molecule has 0 fully saturated rings. The van der Waals surface area contributed by atoms with E-state index in [4.69, 9.17) is 10.6 Å². The summed E-state index contributed by atoms with van der Waals surface area (Å²) >= 11 is 0. The van der Waals surface area contributed by atoms with Gasteiger partial charge in [-0.05, 0) is 18.4 Å². The van der Waals surface area contributed by atoms with Gasteiger partial charge in [-0.15, -0.1) is 0 Å². The van der Waals surface area contributed by atoms with Gasteiger partial charge in [-0.1, -0.05) is 0 Å². The van der Waals surface area contributed by atoms with Crippen LogP contribution in [0.4, 0.5) is 0 Å². The summed E-state index contributed by atoms with van der Waals surface area (Å²) in [5.74, 6) is 5.11. The molecule has 0 radical (unpaired) electrons. The standard InChI is InChI=1S/C6H12N2O/c7-8-4-6-2-1-3-9-5-6/h5,8H,1-4,7H2. The average Bonchev–Trinajstić information content (AvgIpc) is 1.91. The molecule has 0 unspecified atom stereocenters. The fourth-order valence-corrected chi connectivity index (χ4v) is 0.879. The van der Waals surface area contributed by atoms with Crippen LogP contribution in [-0.4, -0.2) is 13.2 Å². The lowest BCUT2D eigenvalue weighted by molar-refractivity contribution is 0.223. The minimum absolute atomic E-state index is 0.750. The van der Waals surface area contributed by atoms with Gasteiger partial charge in [0, 0.05) is 6.54 Å². The normalized spacial score (nSPS) is 18.6. The van der Waals surface area contributed by atoms with Gasteiger partial charge in [0.1, 0.15) is 0 Å². The maximum atomic E-state index is 5.11. The van der Waals surface area contributed by atoms with Crippen molar-refractivity contribution in [2.24, 2.45) is 5.84 Å². The number of ether oxygens (including phenoxy) is 1. The second-order valence-electron chi connectivity index (χ2n) is 2.13. The number of hydrogen-bond donors (Lipinski definition) is 2. The van der Waals surface area contributed by atoms with Crippen LogP contribution in [-0.2, 0) is 4.74 Å². The van der Waals surface area contributed by atoms with Gasteiger partial charge in [-0.2, -0.15) is 0 Å². The highest BCUT2D eigenvalue weighted by Crippen LogP contribution is 2.09. The molecule has 0 aromatic heterocycles. The zero-order chi connectivity index (χ0) is 6.53. The molecular formula is C6H12N2O. The van der Waals surface area contributed by atoms with Crippen LogP contribution in [0.2, 0.25) is 0 Å². The molecule has 0 bridgehead atoms. The van der Waals surface area contributed by atoms with E-state index in [-0.39, 0.29) is 0 Å². The van der Waals surface area contributed by atoms with Gasteiger partial charge in [0.15, 0.2) is 0 Å². The molecule has 3 N–H and O–H groups in total. The fourth-order valence-electron chi connectivity index (χ4n) is 0.879. The van der Waals surface area contributed by atoms with Gasteiger partial charge in [0.05, 0.1) is 12.9 Å². The third-order valence-electron chi connectivity index (χ3n) is 1.34. The van der Waals surface area contributed by atoms with Gasteiger partial charge in [0.2, 0.25) is 0 Å². The Hall–Kier alpha value is -0.540. The molecule has 1 rings (SSSR count). The van der Waals surface area contributed by atoms with Gasteiger partial charge < -0.3 is 4.74 Å². The van der Waals surface area contributed by atoms with Crippen molar-refractivity contribution < 1.29 is 4.74 Å². The first kappa shape index (κ1) is 6.58. The summed E-state index contributed by atoms with van der Waals surface area (Å²) in [7, 11) is 0. The number of rotatable bonds is 2. The van der Waals surface area contributed by atoms with E-state index in [9.17, 15) is 0 Å². The van der Waals surface area contributed by atoms with Crippen molar-refractivity contribution in [3.8, 4) is 0 Å². The molecule has 3 heteroatoms. The summed E-state index contributed by atoms with van der Waals surface area (Å²) in [5, 5.41) is 0. The Balaban J connectivity index is 2.28. The maximum absolute atomic E-state index is 5.11. The predicted molar refractivity (Wildman–Crippen MR) is 35.5 cm³/mol. The molecular weight excluding hydrogens is 116 g/mol. The van der Waals surface area contributed by atoms with Gasteiger partial charge in [-0.3, -0.25) is 11.3 Å². The summed E-state index contributed by atoms with van der Waals surface area (Å²) in [6, 6.07) is 0. The Morgan fingerprint density at radius 3 is 3.22 bits per heavy atom. The molecule has 0 saturated carbocycles. The molecule has 1 heterocycles. The lowest BCUT2D eigenvalue weighted by atomic mass is 10.1. The van der Waals surface area contributed by atoms with Crippen LogP contribution in [0.25, 0.3) is 0 Å². The predicted octanol–water partition coefficient (Wildman–Crippen LogP) is 0.144. The quantitative estimate of drug-likeness (QED) is 0.411. The zero-order valence-corrected chi connectivity index (χ0v) is 5.39. The third kappa shape index (κ3) is 2.03. The number of nitrogens with two attached hydrogens (primary N) is 1. The minimum atomic E-state index is 0.750. The molecule has 3 nitrogen and oxygen atoms in total. The Morgan fingerprint density at radius 2 is 2.67 bits per heavy atom. The number of hydrogen-bond acceptors (Lipinski definition) is 3. The first-order chi connectivity index (χ1) is 4.43. The fraction of sp³-hybridized carbons (Fsp3) is 0.667. The lowest BCUT2D eigenvalue weighted by Crippen LogP contribution is -2.25. The molecule has 0 aliphatic carbocycles. The molecule has 1 aliphatic rings. The van der Waals surface area contributed by atoms with E-state index in [0.717, 1.165) is 26.0 Å². The molecule has 0 atom stereocenters. The van der Waals surface area contributed by atoms with Crippen molar-refractivity contribution in [2.45, 2.75) is 12.8 Å². The highest BCUT2D eigenvalue weighted by molar-refractivity contribution is 5.01. The second-order valence-corrected chi connectivity index (χ2v) is 2.13. The van der Waals surface area contributed by atoms with Crippen LogP contribution in [0.3, 0.4) is 0 Å². The summed E-state index contributed by atoms with van der Waals surface area (Å²) in [5.41, 5.74) is 3.84. The van der Waals surface area contributed by atoms with E-state index in [1.165, 1.54) is 5.57 Å². The van der Waals surface area contributed by atoms with Crippen molar-refractivity contribution in [2.75, 3.05) is 13.2 Å².